The first-order valence-corrected chi connectivity index (χ1v) is 8.53. The van der Waals surface area contributed by atoms with Gasteiger partial charge < -0.3 is 20.4 Å². The van der Waals surface area contributed by atoms with E-state index in [1.54, 1.807) is 61.5 Å². The van der Waals surface area contributed by atoms with E-state index in [2.05, 4.69) is 0 Å². The number of rotatable bonds is 5. The van der Waals surface area contributed by atoms with Crippen LogP contribution in [0.25, 0.3) is 0 Å². The lowest BCUT2D eigenvalue weighted by Gasteiger charge is -2.38. The molecule has 1 aromatic carbocycles. The van der Waals surface area contributed by atoms with E-state index in [9.17, 15) is 20.4 Å². The number of benzene rings is 1. The van der Waals surface area contributed by atoms with Crippen LogP contribution < -0.4 is 0 Å². The van der Waals surface area contributed by atoms with Gasteiger partial charge in [0.1, 0.15) is 0 Å². The highest BCUT2D eigenvalue weighted by Crippen LogP contribution is 2.43. The normalized spacial score (nSPS) is 14.2. The van der Waals surface area contributed by atoms with Crippen LogP contribution in [0.3, 0.4) is 0 Å². The second-order valence-electron chi connectivity index (χ2n) is 8.79. The standard InChI is InChI=1S/C20H34O4/c1-10-12-15(19(6,7)23)13(17(2,3)21)11-14(18(4,5)22)16(12)20(8,9)24/h11,21-24H,10H2,1-9H3. The zero-order valence-corrected chi connectivity index (χ0v) is 16.6. The van der Waals surface area contributed by atoms with E-state index < -0.39 is 22.4 Å². The van der Waals surface area contributed by atoms with E-state index in [0.717, 1.165) is 5.56 Å². The summed E-state index contributed by atoms with van der Waals surface area (Å²) < 4.78 is 0. The first-order valence-electron chi connectivity index (χ1n) is 8.53. The van der Waals surface area contributed by atoms with Gasteiger partial charge in [-0.25, -0.2) is 0 Å². The Kier molecular flexibility index (Phi) is 5.36. The predicted molar refractivity (Wildman–Crippen MR) is 96.8 cm³/mol. The van der Waals surface area contributed by atoms with Gasteiger partial charge in [-0.2, -0.15) is 0 Å². The average Bonchev–Trinajstić information content (AvgIpc) is 2.31. The molecule has 0 aliphatic carbocycles. The molecule has 0 aromatic heterocycles. The maximum absolute atomic E-state index is 10.8. The lowest BCUT2D eigenvalue weighted by molar-refractivity contribution is 0.0404. The maximum Gasteiger partial charge on any atom is 0.0847 e. The Balaban J connectivity index is 4.19. The number of hydrogen-bond donors (Lipinski definition) is 4. The summed E-state index contributed by atoms with van der Waals surface area (Å²) in [5, 5.41) is 42.9. The Bertz CT molecular complexity index is 553. The number of aliphatic hydroxyl groups is 4. The van der Waals surface area contributed by atoms with E-state index in [1.165, 1.54) is 0 Å². The fraction of sp³-hybridized carbons (Fsp3) is 0.700. The molecular weight excluding hydrogens is 304 g/mol. The minimum Gasteiger partial charge on any atom is -0.386 e. The summed E-state index contributed by atoms with van der Waals surface area (Å²) in [6, 6.07) is 1.72. The van der Waals surface area contributed by atoms with Crippen molar-refractivity contribution in [2.24, 2.45) is 0 Å². The smallest absolute Gasteiger partial charge is 0.0847 e. The molecule has 24 heavy (non-hydrogen) atoms. The quantitative estimate of drug-likeness (QED) is 0.665. The van der Waals surface area contributed by atoms with Gasteiger partial charge in [-0.05, 0) is 95.7 Å². The molecule has 0 aliphatic rings. The SMILES string of the molecule is CCc1c(C(C)(C)O)c(C(C)(C)O)cc(C(C)(C)O)c1C(C)(C)O. The minimum absolute atomic E-state index is 0.561. The fourth-order valence-electron chi connectivity index (χ4n) is 3.46. The molecule has 4 heteroatoms. The van der Waals surface area contributed by atoms with Crippen molar-refractivity contribution in [1.29, 1.82) is 0 Å². The molecule has 0 atom stereocenters. The summed E-state index contributed by atoms with van der Waals surface area (Å²) in [5.74, 6) is 0. The summed E-state index contributed by atoms with van der Waals surface area (Å²) in [5.41, 5.74) is -1.65. The molecule has 0 saturated heterocycles. The Morgan fingerprint density at radius 3 is 1.08 bits per heavy atom. The highest BCUT2D eigenvalue weighted by molar-refractivity contribution is 5.54. The van der Waals surface area contributed by atoms with Gasteiger partial charge in [0.05, 0.1) is 22.4 Å². The largest absolute Gasteiger partial charge is 0.386 e. The van der Waals surface area contributed by atoms with E-state index in [1.807, 2.05) is 6.92 Å². The lowest BCUT2D eigenvalue weighted by Crippen LogP contribution is -2.34. The maximum atomic E-state index is 10.8. The van der Waals surface area contributed by atoms with Gasteiger partial charge in [0, 0.05) is 0 Å². The van der Waals surface area contributed by atoms with Crippen molar-refractivity contribution in [3.8, 4) is 0 Å². The van der Waals surface area contributed by atoms with Crippen molar-refractivity contribution in [3.63, 3.8) is 0 Å². The second kappa shape index (κ2) is 6.10. The van der Waals surface area contributed by atoms with Gasteiger partial charge in [0.2, 0.25) is 0 Å². The first-order chi connectivity index (χ1) is 10.4. The van der Waals surface area contributed by atoms with Crippen LogP contribution in [0, 0.1) is 0 Å². The van der Waals surface area contributed by atoms with E-state index >= 15 is 0 Å². The summed E-state index contributed by atoms with van der Waals surface area (Å²) in [7, 11) is 0. The van der Waals surface area contributed by atoms with Crippen molar-refractivity contribution >= 4 is 0 Å². The minimum atomic E-state index is -1.20. The topological polar surface area (TPSA) is 80.9 Å². The molecule has 4 N–H and O–H groups in total. The summed E-state index contributed by atoms with van der Waals surface area (Å²) in [4.78, 5) is 0. The zero-order chi connectivity index (χ0) is 19.3. The fourth-order valence-corrected chi connectivity index (χ4v) is 3.46. The van der Waals surface area contributed by atoms with Crippen molar-refractivity contribution in [3.05, 3.63) is 33.9 Å². The molecule has 0 spiro atoms. The van der Waals surface area contributed by atoms with Crippen LogP contribution >= 0.6 is 0 Å². The molecule has 138 valence electrons. The van der Waals surface area contributed by atoms with Crippen LogP contribution in [-0.4, -0.2) is 20.4 Å². The van der Waals surface area contributed by atoms with E-state index in [0.29, 0.717) is 28.7 Å². The van der Waals surface area contributed by atoms with Crippen LogP contribution in [0.5, 0.6) is 0 Å². The molecule has 0 unspecified atom stereocenters. The highest BCUT2D eigenvalue weighted by atomic mass is 16.3. The van der Waals surface area contributed by atoms with Crippen LogP contribution in [-0.2, 0) is 28.8 Å². The van der Waals surface area contributed by atoms with E-state index in [-0.39, 0.29) is 0 Å². The molecule has 0 fully saturated rings. The van der Waals surface area contributed by atoms with Crippen LogP contribution in [0.1, 0.15) is 90.1 Å². The number of hydrogen-bond acceptors (Lipinski definition) is 4. The Labute approximate surface area is 146 Å². The molecule has 0 saturated carbocycles. The third-order valence-electron chi connectivity index (χ3n) is 4.33. The summed E-state index contributed by atoms with van der Waals surface area (Å²) >= 11 is 0. The van der Waals surface area contributed by atoms with E-state index in [4.69, 9.17) is 0 Å². The second-order valence-corrected chi connectivity index (χ2v) is 8.79. The molecule has 4 nitrogen and oxygen atoms in total. The molecule has 0 radical (unpaired) electrons. The van der Waals surface area contributed by atoms with Gasteiger partial charge in [-0.15, -0.1) is 0 Å². The monoisotopic (exact) mass is 338 g/mol. The summed E-state index contributed by atoms with van der Waals surface area (Å²) in [6.07, 6.45) is 0.561. The van der Waals surface area contributed by atoms with Gasteiger partial charge in [-0.1, -0.05) is 6.92 Å². The molecule has 0 aliphatic heterocycles. The predicted octanol–water partition coefficient (Wildman–Crippen LogP) is 3.16. The van der Waals surface area contributed by atoms with Gasteiger partial charge in [-0.3, -0.25) is 0 Å². The molecule has 0 heterocycles. The van der Waals surface area contributed by atoms with Crippen LogP contribution in [0.4, 0.5) is 0 Å². The molecule has 0 bridgehead atoms. The molecule has 1 aromatic rings. The first kappa shape index (κ1) is 21.1. The van der Waals surface area contributed by atoms with Crippen molar-refractivity contribution in [2.45, 2.75) is 91.1 Å². The molecule has 1 rings (SSSR count). The summed E-state index contributed by atoms with van der Waals surface area (Å²) in [6.45, 7) is 15.3. The van der Waals surface area contributed by atoms with Gasteiger partial charge in [0.25, 0.3) is 0 Å². The van der Waals surface area contributed by atoms with Crippen LogP contribution in [0.15, 0.2) is 6.07 Å². The average molecular weight is 338 g/mol. The van der Waals surface area contributed by atoms with Crippen molar-refractivity contribution < 1.29 is 20.4 Å². The van der Waals surface area contributed by atoms with Crippen molar-refractivity contribution in [2.75, 3.05) is 0 Å². The lowest BCUT2D eigenvalue weighted by atomic mass is 9.72. The van der Waals surface area contributed by atoms with Crippen LogP contribution in [0.2, 0.25) is 0 Å². The van der Waals surface area contributed by atoms with Gasteiger partial charge >= 0.3 is 0 Å². The Morgan fingerprint density at radius 1 is 0.625 bits per heavy atom. The van der Waals surface area contributed by atoms with Gasteiger partial charge in [0.15, 0.2) is 0 Å². The highest BCUT2D eigenvalue weighted by Gasteiger charge is 2.38. The molecule has 0 amide bonds. The molecular formula is C20H34O4. The van der Waals surface area contributed by atoms with Crippen molar-refractivity contribution in [1.82, 2.24) is 0 Å². The zero-order valence-electron chi connectivity index (χ0n) is 16.6. The third kappa shape index (κ3) is 4.17. The third-order valence-corrected chi connectivity index (χ3v) is 4.33. The Hall–Kier alpha value is -0.940. The Morgan fingerprint density at radius 2 is 0.917 bits per heavy atom.